The van der Waals surface area contributed by atoms with Crippen LogP contribution in [0.4, 0.5) is 27.9 Å². The standard InChI is InChI=1S/C18H17ClFN7/c1-27(2)18-24-16(22-15-9-7-14(20)8-10-15)23-17(25-18)26-21-11-12-3-5-13(19)6-4-12/h3-11H,1-2H3,(H2,22,23,24,25,26). The highest BCUT2D eigenvalue weighted by atomic mass is 35.5. The molecule has 0 aliphatic heterocycles. The molecule has 0 amide bonds. The minimum Gasteiger partial charge on any atom is -0.347 e. The van der Waals surface area contributed by atoms with E-state index in [-0.39, 0.29) is 11.8 Å². The van der Waals surface area contributed by atoms with Gasteiger partial charge in [0.2, 0.25) is 17.8 Å². The van der Waals surface area contributed by atoms with Crippen molar-refractivity contribution in [2.24, 2.45) is 5.10 Å². The summed E-state index contributed by atoms with van der Waals surface area (Å²) in [5, 5.41) is 7.81. The second-order valence-corrected chi connectivity index (χ2v) is 6.17. The summed E-state index contributed by atoms with van der Waals surface area (Å²) in [5.41, 5.74) is 4.31. The molecule has 0 radical (unpaired) electrons. The number of rotatable bonds is 6. The van der Waals surface area contributed by atoms with Gasteiger partial charge in [-0.15, -0.1) is 0 Å². The lowest BCUT2D eigenvalue weighted by Crippen LogP contribution is -2.15. The molecule has 0 aliphatic rings. The first-order valence-electron chi connectivity index (χ1n) is 8.00. The smallest absolute Gasteiger partial charge is 0.250 e. The molecule has 2 aromatic carbocycles. The van der Waals surface area contributed by atoms with Gasteiger partial charge in [0.15, 0.2) is 0 Å². The van der Waals surface area contributed by atoms with Crippen molar-refractivity contribution in [2.45, 2.75) is 0 Å². The van der Waals surface area contributed by atoms with Gasteiger partial charge in [0.1, 0.15) is 5.82 Å². The van der Waals surface area contributed by atoms with E-state index in [0.717, 1.165) is 5.56 Å². The largest absolute Gasteiger partial charge is 0.347 e. The number of hydrogen-bond donors (Lipinski definition) is 2. The first-order chi connectivity index (χ1) is 13.0. The SMILES string of the molecule is CN(C)c1nc(NN=Cc2ccc(Cl)cc2)nc(Nc2ccc(F)cc2)n1. The third-order valence-electron chi connectivity index (χ3n) is 3.37. The van der Waals surface area contributed by atoms with E-state index >= 15 is 0 Å². The summed E-state index contributed by atoms with van der Waals surface area (Å²) in [6.07, 6.45) is 1.63. The topological polar surface area (TPSA) is 78.3 Å². The molecular weight excluding hydrogens is 369 g/mol. The molecule has 0 fully saturated rings. The van der Waals surface area contributed by atoms with Crippen LogP contribution >= 0.6 is 11.6 Å². The highest BCUT2D eigenvalue weighted by Crippen LogP contribution is 2.17. The zero-order valence-corrected chi connectivity index (χ0v) is 15.4. The number of aromatic nitrogens is 3. The van der Waals surface area contributed by atoms with E-state index in [1.807, 2.05) is 26.2 Å². The van der Waals surface area contributed by atoms with Crippen LogP contribution in [0.3, 0.4) is 0 Å². The van der Waals surface area contributed by atoms with Crippen molar-refractivity contribution in [2.75, 3.05) is 29.7 Å². The molecule has 2 N–H and O–H groups in total. The predicted molar refractivity (Wildman–Crippen MR) is 107 cm³/mol. The minimum atomic E-state index is -0.316. The monoisotopic (exact) mass is 385 g/mol. The Kier molecular flexibility index (Phi) is 5.77. The van der Waals surface area contributed by atoms with Gasteiger partial charge < -0.3 is 10.2 Å². The van der Waals surface area contributed by atoms with Crippen LogP contribution in [-0.4, -0.2) is 35.3 Å². The Hall–Kier alpha value is -3.26. The molecule has 0 saturated heterocycles. The average Bonchev–Trinajstić information content (AvgIpc) is 2.65. The van der Waals surface area contributed by atoms with Crippen molar-refractivity contribution in [3.63, 3.8) is 0 Å². The van der Waals surface area contributed by atoms with E-state index in [4.69, 9.17) is 11.6 Å². The average molecular weight is 386 g/mol. The number of benzene rings is 2. The maximum absolute atomic E-state index is 13.1. The fourth-order valence-electron chi connectivity index (χ4n) is 2.05. The molecule has 27 heavy (non-hydrogen) atoms. The molecule has 0 spiro atoms. The molecule has 3 rings (SSSR count). The zero-order valence-electron chi connectivity index (χ0n) is 14.7. The van der Waals surface area contributed by atoms with Gasteiger partial charge in [-0.3, -0.25) is 0 Å². The molecule has 7 nitrogen and oxygen atoms in total. The molecule has 3 aromatic rings. The van der Waals surface area contributed by atoms with Crippen molar-refractivity contribution in [1.29, 1.82) is 0 Å². The summed E-state index contributed by atoms with van der Waals surface area (Å²) < 4.78 is 13.1. The van der Waals surface area contributed by atoms with Gasteiger partial charge in [-0.25, -0.2) is 9.82 Å². The molecule has 1 heterocycles. The van der Waals surface area contributed by atoms with Gasteiger partial charge >= 0.3 is 0 Å². The Morgan fingerprint density at radius 1 is 0.963 bits per heavy atom. The number of nitrogens with one attached hydrogen (secondary N) is 2. The van der Waals surface area contributed by atoms with Gasteiger partial charge in [0.25, 0.3) is 0 Å². The van der Waals surface area contributed by atoms with Crippen LogP contribution in [0, 0.1) is 5.82 Å². The van der Waals surface area contributed by atoms with Crippen LogP contribution in [0.25, 0.3) is 0 Å². The van der Waals surface area contributed by atoms with Crippen LogP contribution in [-0.2, 0) is 0 Å². The molecule has 0 unspecified atom stereocenters. The lowest BCUT2D eigenvalue weighted by Gasteiger charge is -2.13. The Bertz CT molecular complexity index is 927. The van der Waals surface area contributed by atoms with E-state index in [9.17, 15) is 4.39 Å². The molecule has 0 saturated carbocycles. The number of anilines is 4. The Morgan fingerprint density at radius 2 is 1.63 bits per heavy atom. The van der Waals surface area contributed by atoms with Crippen molar-refractivity contribution in [1.82, 2.24) is 15.0 Å². The lowest BCUT2D eigenvalue weighted by molar-refractivity contribution is 0.628. The Balaban J connectivity index is 1.78. The maximum Gasteiger partial charge on any atom is 0.250 e. The van der Waals surface area contributed by atoms with E-state index in [0.29, 0.717) is 22.6 Å². The minimum absolute atomic E-state index is 0.267. The summed E-state index contributed by atoms with van der Waals surface area (Å²) in [6, 6.07) is 13.1. The summed E-state index contributed by atoms with van der Waals surface area (Å²) in [4.78, 5) is 14.6. The summed E-state index contributed by atoms with van der Waals surface area (Å²) in [6.45, 7) is 0. The fraction of sp³-hybridized carbons (Fsp3) is 0.111. The number of hydrogen-bond acceptors (Lipinski definition) is 7. The molecule has 138 valence electrons. The van der Waals surface area contributed by atoms with Gasteiger partial charge in [0, 0.05) is 24.8 Å². The van der Waals surface area contributed by atoms with Gasteiger partial charge in [-0.05, 0) is 42.0 Å². The highest BCUT2D eigenvalue weighted by molar-refractivity contribution is 6.30. The summed E-state index contributed by atoms with van der Waals surface area (Å²) >= 11 is 5.86. The zero-order chi connectivity index (χ0) is 19.2. The first-order valence-corrected chi connectivity index (χ1v) is 8.38. The first kappa shape index (κ1) is 18.5. The number of halogens is 2. The summed E-state index contributed by atoms with van der Waals surface area (Å²) in [5.74, 6) is 0.705. The Labute approximate surface area is 160 Å². The van der Waals surface area contributed by atoms with Gasteiger partial charge in [-0.1, -0.05) is 23.7 Å². The van der Waals surface area contributed by atoms with E-state index in [1.54, 1.807) is 35.4 Å². The highest BCUT2D eigenvalue weighted by Gasteiger charge is 2.08. The molecule has 0 atom stereocenters. The third-order valence-corrected chi connectivity index (χ3v) is 3.62. The van der Waals surface area contributed by atoms with Crippen molar-refractivity contribution in [3.05, 3.63) is 64.9 Å². The van der Waals surface area contributed by atoms with Crippen LogP contribution in [0.2, 0.25) is 5.02 Å². The van der Waals surface area contributed by atoms with E-state index in [2.05, 4.69) is 30.8 Å². The van der Waals surface area contributed by atoms with Crippen LogP contribution in [0.15, 0.2) is 53.6 Å². The second kappa shape index (κ2) is 8.41. The van der Waals surface area contributed by atoms with Crippen LogP contribution in [0.1, 0.15) is 5.56 Å². The Morgan fingerprint density at radius 3 is 2.30 bits per heavy atom. The van der Waals surface area contributed by atoms with Crippen LogP contribution in [0.5, 0.6) is 0 Å². The summed E-state index contributed by atoms with van der Waals surface area (Å²) in [7, 11) is 3.63. The number of hydrazone groups is 1. The lowest BCUT2D eigenvalue weighted by atomic mass is 10.2. The van der Waals surface area contributed by atoms with Crippen molar-refractivity contribution in [3.8, 4) is 0 Å². The van der Waals surface area contributed by atoms with Crippen LogP contribution < -0.4 is 15.6 Å². The van der Waals surface area contributed by atoms with Gasteiger partial charge in [0.05, 0.1) is 6.21 Å². The number of nitrogens with zero attached hydrogens (tertiary/aromatic N) is 5. The molecular formula is C18H17ClFN7. The quantitative estimate of drug-likeness (QED) is 0.494. The third kappa shape index (κ3) is 5.35. The van der Waals surface area contributed by atoms with E-state index in [1.165, 1.54) is 12.1 Å². The van der Waals surface area contributed by atoms with Gasteiger partial charge in [-0.2, -0.15) is 20.1 Å². The predicted octanol–water partition coefficient (Wildman–Crippen LogP) is 3.92. The molecule has 9 heteroatoms. The molecule has 0 bridgehead atoms. The van der Waals surface area contributed by atoms with Crippen molar-refractivity contribution >= 4 is 41.3 Å². The molecule has 1 aromatic heterocycles. The second-order valence-electron chi connectivity index (χ2n) is 5.73. The fourth-order valence-corrected chi connectivity index (χ4v) is 2.17. The maximum atomic E-state index is 13.1. The van der Waals surface area contributed by atoms with E-state index < -0.39 is 0 Å². The normalized spacial score (nSPS) is 10.8. The molecule has 0 aliphatic carbocycles. The van der Waals surface area contributed by atoms with Crippen molar-refractivity contribution < 1.29 is 4.39 Å².